The van der Waals surface area contributed by atoms with Gasteiger partial charge in [0.15, 0.2) is 0 Å². The zero-order chi connectivity index (χ0) is 25.3. The van der Waals surface area contributed by atoms with Crippen molar-refractivity contribution in [1.29, 1.82) is 0 Å². The van der Waals surface area contributed by atoms with Gasteiger partial charge in [-0.3, -0.25) is 4.79 Å². The van der Waals surface area contributed by atoms with E-state index >= 15 is 0 Å². The van der Waals surface area contributed by atoms with Crippen LogP contribution in [0.4, 0.5) is 4.39 Å². The fourth-order valence-electron chi connectivity index (χ4n) is 6.03. The molecule has 1 saturated carbocycles. The highest BCUT2D eigenvalue weighted by Gasteiger charge is 2.49. The van der Waals surface area contributed by atoms with E-state index in [2.05, 4.69) is 36.8 Å². The third-order valence-corrected chi connectivity index (χ3v) is 8.01. The maximum absolute atomic E-state index is 14.0. The molecule has 2 unspecified atom stereocenters. The van der Waals surface area contributed by atoms with E-state index in [0.29, 0.717) is 0 Å². The molecule has 1 fully saturated rings. The number of rotatable bonds is 10. The number of aromatic amines is 1. The Balaban J connectivity index is 1.27. The van der Waals surface area contributed by atoms with Crippen molar-refractivity contribution in [3.8, 4) is 0 Å². The third-order valence-electron chi connectivity index (χ3n) is 8.01. The van der Waals surface area contributed by atoms with Gasteiger partial charge in [0.25, 0.3) is 0 Å². The Morgan fingerprint density at radius 3 is 2.78 bits per heavy atom. The summed E-state index contributed by atoms with van der Waals surface area (Å²) in [6, 6.07) is 13.3. The van der Waals surface area contributed by atoms with E-state index in [-0.39, 0.29) is 29.5 Å². The van der Waals surface area contributed by atoms with Crippen molar-refractivity contribution >= 4 is 17.0 Å². The van der Waals surface area contributed by atoms with Gasteiger partial charge in [-0.15, -0.1) is 0 Å². The van der Waals surface area contributed by atoms with Crippen molar-refractivity contribution in [2.24, 2.45) is 11.8 Å². The van der Waals surface area contributed by atoms with E-state index in [9.17, 15) is 9.18 Å². The highest BCUT2D eigenvalue weighted by molar-refractivity contribution is 5.76. The summed E-state index contributed by atoms with van der Waals surface area (Å²) >= 11 is 0. The first-order valence-corrected chi connectivity index (χ1v) is 13.5. The number of nitrogens with one attached hydrogen (secondary N) is 1. The summed E-state index contributed by atoms with van der Waals surface area (Å²) in [5.74, 6) is 1.19. The van der Waals surface area contributed by atoms with Gasteiger partial charge >= 0.3 is 5.97 Å². The van der Waals surface area contributed by atoms with Crippen LogP contribution in [0.25, 0.3) is 11.0 Å². The lowest BCUT2D eigenvalue weighted by Gasteiger charge is -2.47. The predicted octanol–water partition coefficient (Wildman–Crippen LogP) is 6.03. The normalized spacial score (nSPS) is 21.8. The molecule has 6 heteroatoms. The first-order valence-electron chi connectivity index (χ1n) is 13.5. The molecule has 3 aromatic rings. The van der Waals surface area contributed by atoms with Gasteiger partial charge in [0.2, 0.25) is 0 Å². The van der Waals surface area contributed by atoms with Gasteiger partial charge in [0.05, 0.1) is 17.0 Å². The first-order chi connectivity index (χ1) is 17.3. The summed E-state index contributed by atoms with van der Waals surface area (Å²) in [5, 5.41) is 0. The minimum absolute atomic E-state index is 0.0428. The van der Waals surface area contributed by atoms with Crippen molar-refractivity contribution in [2.75, 3.05) is 20.1 Å². The van der Waals surface area contributed by atoms with E-state index in [1.165, 1.54) is 0 Å². The molecule has 1 N–H and O–H groups in total. The smallest absolute Gasteiger partial charge is 0.309 e. The summed E-state index contributed by atoms with van der Waals surface area (Å²) in [6.07, 6.45) is 6.04. The van der Waals surface area contributed by atoms with E-state index in [4.69, 9.17) is 9.72 Å². The molecule has 2 aliphatic carbocycles. The molecular formula is C30H38FN3O2. The van der Waals surface area contributed by atoms with Crippen LogP contribution < -0.4 is 0 Å². The van der Waals surface area contributed by atoms with Gasteiger partial charge < -0.3 is 14.6 Å². The number of imidazole rings is 1. The second kappa shape index (κ2) is 10.3. The number of para-hydroxylation sites is 2. The van der Waals surface area contributed by atoms with Crippen molar-refractivity contribution < 1.29 is 13.9 Å². The molecule has 0 spiro atoms. The maximum Gasteiger partial charge on any atom is 0.309 e. The van der Waals surface area contributed by atoms with Crippen molar-refractivity contribution in [3.05, 3.63) is 65.2 Å². The molecule has 1 heterocycles. The molecule has 5 rings (SSSR count). The summed E-state index contributed by atoms with van der Waals surface area (Å²) < 4.78 is 20.4. The summed E-state index contributed by atoms with van der Waals surface area (Å²) in [6.45, 7) is 6.18. The number of benzene rings is 2. The SMILES string of the molecule is CC(C)C1c2ccc(F)cc2CCC1(CCN(C)CCCc1nc2ccccc2[nH]1)OC(=O)C1CC1. The molecule has 2 atom stereocenters. The highest BCUT2D eigenvalue weighted by atomic mass is 19.1. The Bertz CT molecular complexity index is 1180. The Labute approximate surface area is 213 Å². The van der Waals surface area contributed by atoms with Gasteiger partial charge in [0, 0.05) is 25.3 Å². The Morgan fingerprint density at radius 1 is 1.22 bits per heavy atom. The van der Waals surface area contributed by atoms with E-state index < -0.39 is 5.60 Å². The minimum Gasteiger partial charge on any atom is -0.458 e. The lowest BCUT2D eigenvalue weighted by molar-refractivity contribution is -0.169. The van der Waals surface area contributed by atoms with Crippen LogP contribution >= 0.6 is 0 Å². The van der Waals surface area contributed by atoms with Crippen LogP contribution in [0.1, 0.15) is 68.8 Å². The van der Waals surface area contributed by atoms with Gasteiger partial charge in [-0.25, -0.2) is 9.37 Å². The van der Waals surface area contributed by atoms with Gasteiger partial charge in [-0.05, 0) is 87.0 Å². The quantitative estimate of drug-likeness (QED) is 0.352. The number of aromatic nitrogens is 2. The molecule has 0 aliphatic heterocycles. The van der Waals surface area contributed by atoms with Crippen LogP contribution in [0.15, 0.2) is 42.5 Å². The zero-order valence-corrected chi connectivity index (χ0v) is 21.7. The predicted molar refractivity (Wildman–Crippen MR) is 140 cm³/mol. The number of fused-ring (bicyclic) bond motifs is 2. The van der Waals surface area contributed by atoms with E-state index in [0.717, 1.165) is 86.0 Å². The zero-order valence-electron chi connectivity index (χ0n) is 21.7. The standard InChI is InChI=1S/C30H38FN3O2/c1-20(2)28-24-13-12-23(31)19-22(24)14-15-30(28,36-29(35)21-10-11-21)16-18-34(3)17-6-9-27-32-25-7-4-5-8-26(25)33-27/h4-5,7-8,12-13,19-21,28H,6,9-11,14-18H2,1-3H3,(H,32,33). The molecule has 0 amide bonds. The van der Waals surface area contributed by atoms with Crippen LogP contribution in [0.3, 0.4) is 0 Å². The molecule has 0 saturated heterocycles. The van der Waals surface area contributed by atoms with Crippen LogP contribution in [-0.2, 0) is 22.4 Å². The Kier molecular flexibility index (Phi) is 7.16. The van der Waals surface area contributed by atoms with Crippen LogP contribution in [0.2, 0.25) is 0 Å². The highest BCUT2D eigenvalue weighted by Crippen LogP contribution is 2.49. The van der Waals surface area contributed by atoms with E-state index in [1.807, 2.05) is 24.3 Å². The average molecular weight is 492 g/mol. The fourth-order valence-corrected chi connectivity index (χ4v) is 6.03. The van der Waals surface area contributed by atoms with Crippen molar-refractivity contribution in [3.63, 3.8) is 0 Å². The topological polar surface area (TPSA) is 58.2 Å². The molecule has 0 bridgehead atoms. The number of nitrogens with zero attached hydrogens (tertiary/aromatic N) is 2. The average Bonchev–Trinajstić information content (AvgIpc) is 3.62. The summed E-state index contributed by atoms with van der Waals surface area (Å²) in [4.78, 5) is 23.4. The fraction of sp³-hybridized carbons (Fsp3) is 0.533. The third kappa shape index (κ3) is 5.34. The second-order valence-electron chi connectivity index (χ2n) is 11.2. The molecule has 192 valence electrons. The van der Waals surface area contributed by atoms with Gasteiger partial charge in [-0.1, -0.05) is 32.0 Å². The lowest BCUT2D eigenvalue weighted by atomic mass is 9.65. The maximum atomic E-state index is 14.0. The molecule has 1 aromatic heterocycles. The molecular weight excluding hydrogens is 453 g/mol. The number of halogens is 1. The molecule has 0 radical (unpaired) electrons. The number of aryl methyl sites for hydroxylation is 2. The Morgan fingerprint density at radius 2 is 2.03 bits per heavy atom. The van der Waals surface area contributed by atoms with Crippen LogP contribution in [0, 0.1) is 17.7 Å². The molecule has 36 heavy (non-hydrogen) atoms. The first kappa shape index (κ1) is 24.9. The van der Waals surface area contributed by atoms with Crippen LogP contribution in [0.5, 0.6) is 0 Å². The minimum atomic E-state index is -0.550. The monoisotopic (exact) mass is 491 g/mol. The summed E-state index contributed by atoms with van der Waals surface area (Å²) in [7, 11) is 2.14. The number of H-pyrrole nitrogens is 1. The van der Waals surface area contributed by atoms with Gasteiger partial charge in [0.1, 0.15) is 17.2 Å². The summed E-state index contributed by atoms with van der Waals surface area (Å²) in [5.41, 5.74) is 3.75. The number of hydrogen-bond donors (Lipinski definition) is 1. The molecule has 5 nitrogen and oxygen atoms in total. The number of carbonyl (C=O) groups excluding carboxylic acids is 1. The lowest BCUT2D eigenvalue weighted by Crippen LogP contribution is -2.48. The second-order valence-corrected chi connectivity index (χ2v) is 11.2. The number of carbonyl (C=O) groups is 1. The van der Waals surface area contributed by atoms with Crippen LogP contribution in [-0.4, -0.2) is 46.6 Å². The number of hydrogen-bond acceptors (Lipinski definition) is 4. The molecule has 2 aromatic carbocycles. The van der Waals surface area contributed by atoms with Crippen molar-refractivity contribution in [2.45, 2.75) is 70.3 Å². The number of ether oxygens (including phenoxy) is 1. The largest absolute Gasteiger partial charge is 0.458 e. The number of esters is 1. The Hall–Kier alpha value is -2.73. The van der Waals surface area contributed by atoms with E-state index in [1.54, 1.807) is 12.1 Å². The van der Waals surface area contributed by atoms with Gasteiger partial charge in [-0.2, -0.15) is 0 Å². The van der Waals surface area contributed by atoms with Crippen molar-refractivity contribution in [1.82, 2.24) is 14.9 Å². The molecule has 2 aliphatic rings.